The Labute approximate surface area is 158 Å². The minimum absolute atomic E-state index is 0.00479. The maximum absolute atomic E-state index is 12.1. The van der Waals surface area contributed by atoms with Crippen molar-refractivity contribution in [2.45, 2.75) is 4.90 Å². The second-order valence-corrected chi connectivity index (χ2v) is 7.28. The molecule has 0 aromatic heterocycles. The molecule has 0 saturated heterocycles. The number of anilines is 1. The molecule has 0 aliphatic heterocycles. The van der Waals surface area contributed by atoms with Gasteiger partial charge in [-0.3, -0.25) is 20.2 Å². The fourth-order valence-corrected chi connectivity index (χ4v) is 2.77. The molecule has 2 aromatic carbocycles. The molecule has 4 N–H and O–H groups in total. The molecule has 0 bridgehead atoms. The average molecular weight is 415 g/mol. The Balaban J connectivity index is 2.07. The standard InChI is InChI=1S/C14H11ClN4O5S2/c15-11-6-1-8(7-12(11)19(21)22)13(20)18-14(25)17-9-2-4-10(5-3-9)26(16,23)24/h1-7H,(H2,16,23,24)(H2,17,18,20,25). The van der Waals surface area contributed by atoms with Crippen LogP contribution in [0.4, 0.5) is 11.4 Å². The summed E-state index contributed by atoms with van der Waals surface area (Å²) in [7, 11) is -3.81. The van der Waals surface area contributed by atoms with E-state index in [0.717, 1.165) is 6.07 Å². The predicted molar refractivity (Wildman–Crippen MR) is 99.6 cm³/mol. The number of halogens is 1. The first-order valence-electron chi connectivity index (χ1n) is 6.77. The van der Waals surface area contributed by atoms with Gasteiger partial charge in [0.2, 0.25) is 10.0 Å². The molecule has 0 fully saturated rings. The van der Waals surface area contributed by atoms with Gasteiger partial charge in [0, 0.05) is 17.3 Å². The number of thiocarbonyl (C=S) groups is 1. The zero-order valence-electron chi connectivity index (χ0n) is 12.8. The normalized spacial score (nSPS) is 10.8. The van der Waals surface area contributed by atoms with E-state index in [9.17, 15) is 23.3 Å². The molecule has 1 amide bonds. The van der Waals surface area contributed by atoms with Gasteiger partial charge >= 0.3 is 0 Å². The third kappa shape index (κ3) is 4.95. The molecular weight excluding hydrogens is 404 g/mol. The van der Waals surface area contributed by atoms with Crippen molar-refractivity contribution in [3.63, 3.8) is 0 Å². The second kappa shape index (κ2) is 7.74. The maximum atomic E-state index is 12.1. The summed E-state index contributed by atoms with van der Waals surface area (Å²) in [5.74, 6) is -0.677. The van der Waals surface area contributed by atoms with Gasteiger partial charge in [0.1, 0.15) is 5.02 Å². The lowest BCUT2D eigenvalue weighted by molar-refractivity contribution is -0.384. The molecule has 136 valence electrons. The van der Waals surface area contributed by atoms with Gasteiger partial charge < -0.3 is 5.32 Å². The van der Waals surface area contributed by atoms with Crippen LogP contribution in [-0.4, -0.2) is 24.4 Å². The van der Waals surface area contributed by atoms with Crippen molar-refractivity contribution >= 4 is 56.2 Å². The number of nitrogens with one attached hydrogen (secondary N) is 2. The number of nitro groups is 1. The molecule has 2 aromatic rings. The van der Waals surface area contributed by atoms with E-state index in [4.69, 9.17) is 29.0 Å². The summed E-state index contributed by atoms with van der Waals surface area (Å²) in [5.41, 5.74) is -0.00335. The molecule has 0 aliphatic rings. The zero-order valence-corrected chi connectivity index (χ0v) is 15.2. The van der Waals surface area contributed by atoms with Crippen LogP contribution in [0, 0.1) is 10.1 Å². The van der Waals surface area contributed by atoms with Gasteiger partial charge in [-0.15, -0.1) is 0 Å². The van der Waals surface area contributed by atoms with Gasteiger partial charge in [-0.05, 0) is 48.6 Å². The highest BCUT2D eigenvalue weighted by molar-refractivity contribution is 7.89. The molecule has 0 radical (unpaired) electrons. The summed E-state index contributed by atoms with van der Waals surface area (Å²) >= 11 is 10.7. The lowest BCUT2D eigenvalue weighted by Gasteiger charge is -2.10. The van der Waals surface area contributed by atoms with Gasteiger partial charge in [0.25, 0.3) is 11.6 Å². The van der Waals surface area contributed by atoms with Crippen molar-refractivity contribution in [3.05, 3.63) is 63.2 Å². The first-order chi connectivity index (χ1) is 12.1. The van der Waals surface area contributed by atoms with Gasteiger partial charge in [-0.1, -0.05) is 11.6 Å². The number of nitro benzene ring substituents is 1. The number of carbonyl (C=O) groups is 1. The highest BCUT2D eigenvalue weighted by Gasteiger charge is 2.17. The average Bonchev–Trinajstić information content (AvgIpc) is 2.54. The van der Waals surface area contributed by atoms with Crippen molar-refractivity contribution in [2.24, 2.45) is 5.14 Å². The van der Waals surface area contributed by atoms with Crippen molar-refractivity contribution in [1.82, 2.24) is 5.32 Å². The van der Waals surface area contributed by atoms with E-state index in [1.807, 2.05) is 0 Å². The molecule has 0 heterocycles. The number of primary sulfonamides is 1. The van der Waals surface area contributed by atoms with Crippen LogP contribution in [0.3, 0.4) is 0 Å². The third-order valence-electron chi connectivity index (χ3n) is 3.07. The highest BCUT2D eigenvalue weighted by Crippen LogP contribution is 2.25. The molecule has 12 heteroatoms. The van der Waals surface area contributed by atoms with Crippen molar-refractivity contribution < 1.29 is 18.1 Å². The van der Waals surface area contributed by atoms with Gasteiger partial charge in [0.15, 0.2) is 5.11 Å². The molecule has 2 rings (SSSR count). The van der Waals surface area contributed by atoms with Crippen LogP contribution in [0.2, 0.25) is 5.02 Å². The Morgan fingerprint density at radius 3 is 2.35 bits per heavy atom. The second-order valence-electron chi connectivity index (χ2n) is 4.90. The number of nitrogens with zero attached hydrogens (tertiary/aromatic N) is 1. The number of carbonyl (C=O) groups excluding carboxylic acids is 1. The Kier molecular flexibility index (Phi) is 5.87. The smallest absolute Gasteiger partial charge is 0.288 e. The number of benzene rings is 2. The molecule has 26 heavy (non-hydrogen) atoms. The van der Waals surface area contributed by atoms with Crippen LogP contribution < -0.4 is 15.8 Å². The summed E-state index contributed by atoms with van der Waals surface area (Å²) in [6.45, 7) is 0. The third-order valence-corrected chi connectivity index (χ3v) is 4.53. The lowest BCUT2D eigenvalue weighted by atomic mass is 10.2. The Bertz CT molecular complexity index is 993. The van der Waals surface area contributed by atoms with Crippen LogP contribution in [0.15, 0.2) is 47.4 Å². The topological polar surface area (TPSA) is 144 Å². The SMILES string of the molecule is NS(=O)(=O)c1ccc(NC(=S)NC(=O)c2ccc(Cl)c([N+](=O)[O-])c2)cc1. The molecule has 0 unspecified atom stereocenters. The summed E-state index contributed by atoms with van der Waals surface area (Å²) in [6, 6.07) is 8.93. The van der Waals surface area contributed by atoms with Crippen LogP contribution in [0.25, 0.3) is 0 Å². The number of rotatable bonds is 4. The summed E-state index contributed by atoms with van der Waals surface area (Å²) in [6.07, 6.45) is 0. The Morgan fingerprint density at radius 2 is 1.81 bits per heavy atom. The van der Waals surface area contributed by atoms with E-state index < -0.39 is 26.5 Å². The van der Waals surface area contributed by atoms with E-state index in [2.05, 4.69) is 10.6 Å². The highest BCUT2D eigenvalue weighted by atomic mass is 35.5. The lowest BCUT2D eigenvalue weighted by Crippen LogP contribution is -2.34. The first-order valence-corrected chi connectivity index (χ1v) is 9.10. The minimum atomic E-state index is -3.81. The quantitative estimate of drug-likeness (QED) is 0.394. The molecular formula is C14H11ClN4O5S2. The first kappa shape index (κ1) is 19.7. The van der Waals surface area contributed by atoms with E-state index in [1.54, 1.807) is 0 Å². The van der Waals surface area contributed by atoms with Crippen molar-refractivity contribution in [2.75, 3.05) is 5.32 Å². The Hall–Kier alpha value is -2.60. The fraction of sp³-hybridized carbons (Fsp3) is 0. The largest absolute Gasteiger partial charge is 0.332 e. The van der Waals surface area contributed by atoms with Gasteiger partial charge in [-0.2, -0.15) is 0 Å². The van der Waals surface area contributed by atoms with E-state index in [0.29, 0.717) is 5.69 Å². The fourth-order valence-electron chi connectivity index (χ4n) is 1.86. The van der Waals surface area contributed by atoms with Crippen molar-refractivity contribution in [1.29, 1.82) is 0 Å². The summed E-state index contributed by atoms with van der Waals surface area (Å²) < 4.78 is 22.4. The minimum Gasteiger partial charge on any atom is -0.332 e. The monoisotopic (exact) mass is 414 g/mol. The molecule has 0 aliphatic carbocycles. The summed E-state index contributed by atoms with van der Waals surface area (Å²) in [4.78, 5) is 22.2. The number of hydrogen-bond acceptors (Lipinski definition) is 6. The zero-order chi connectivity index (χ0) is 19.5. The predicted octanol–water partition coefficient (Wildman–Crippen LogP) is 2.02. The van der Waals surface area contributed by atoms with Crippen LogP contribution in [0.5, 0.6) is 0 Å². The van der Waals surface area contributed by atoms with Gasteiger partial charge in [0.05, 0.1) is 9.82 Å². The number of amides is 1. The van der Waals surface area contributed by atoms with E-state index in [1.165, 1.54) is 36.4 Å². The number of hydrogen-bond donors (Lipinski definition) is 3. The van der Waals surface area contributed by atoms with Crippen LogP contribution in [-0.2, 0) is 10.0 Å². The Morgan fingerprint density at radius 1 is 1.19 bits per heavy atom. The van der Waals surface area contributed by atoms with Crippen LogP contribution in [0.1, 0.15) is 10.4 Å². The molecule has 0 atom stereocenters. The maximum Gasteiger partial charge on any atom is 0.288 e. The van der Waals surface area contributed by atoms with E-state index in [-0.39, 0.29) is 20.6 Å². The van der Waals surface area contributed by atoms with Crippen LogP contribution >= 0.6 is 23.8 Å². The molecule has 0 saturated carbocycles. The molecule has 0 spiro atoms. The number of nitrogens with two attached hydrogens (primary N) is 1. The van der Waals surface area contributed by atoms with Gasteiger partial charge in [-0.25, -0.2) is 13.6 Å². The summed E-state index contributed by atoms with van der Waals surface area (Å²) in [5, 5.41) is 20.7. The van der Waals surface area contributed by atoms with Crippen molar-refractivity contribution in [3.8, 4) is 0 Å². The number of sulfonamides is 1. The van der Waals surface area contributed by atoms with E-state index >= 15 is 0 Å². The molecule has 9 nitrogen and oxygen atoms in total.